The first-order chi connectivity index (χ1) is 8.95. The van der Waals surface area contributed by atoms with Crippen LogP contribution in [-0.2, 0) is 9.53 Å². The molecule has 0 aliphatic rings. The molecule has 0 aromatic heterocycles. The van der Waals surface area contributed by atoms with Gasteiger partial charge >= 0.3 is 5.97 Å². The van der Waals surface area contributed by atoms with E-state index in [4.69, 9.17) is 9.84 Å². The smallest absolute Gasteiger partial charge is 0.323 e. The van der Waals surface area contributed by atoms with Crippen molar-refractivity contribution >= 4 is 11.9 Å². The Balaban J connectivity index is 2.93. The third kappa shape index (κ3) is 4.26. The van der Waals surface area contributed by atoms with Crippen LogP contribution in [0, 0.1) is 6.92 Å². The number of aryl methyl sites for hydroxylation is 1. The van der Waals surface area contributed by atoms with Crippen LogP contribution >= 0.6 is 0 Å². The number of rotatable bonds is 6. The standard InChI is InChI=1S/C13H17NO5/c1-9-3-4-10(11(15)7-9)13(18)14(5-6-19-2)8-12(16)17/h3-4,7,15H,5-6,8H2,1-2H3,(H,16,17). The molecule has 0 atom stereocenters. The Morgan fingerprint density at radius 1 is 1.37 bits per heavy atom. The molecule has 0 saturated carbocycles. The van der Waals surface area contributed by atoms with Gasteiger partial charge in [0, 0.05) is 13.7 Å². The largest absolute Gasteiger partial charge is 0.507 e. The molecule has 0 aliphatic carbocycles. The fourth-order valence-corrected chi connectivity index (χ4v) is 1.61. The van der Waals surface area contributed by atoms with Gasteiger partial charge in [-0.05, 0) is 24.6 Å². The van der Waals surface area contributed by atoms with E-state index in [1.165, 1.54) is 19.2 Å². The minimum Gasteiger partial charge on any atom is -0.507 e. The summed E-state index contributed by atoms with van der Waals surface area (Å²) in [7, 11) is 1.47. The van der Waals surface area contributed by atoms with Crippen molar-refractivity contribution in [1.82, 2.24) is 4.90 Å². The second-order valence-electron chi connectivity index (χ2n) is 4.13. The van der Waals surface area contributed by atoms with Gasteiger partial charge in [-0.25, -0.2) is 0 Å². The zero-order valence-corrected chi connectivity index (χ0v) is 10.9. The number of phenols is 1. The molecule has 1 amide bonds. The van der Waals surface area contributed by atoms with E-state index in [0.717, 1.165) is 10.5 Å². The van der Waals surface area contributed by atoms with Crippen LogP contribution in [0.25, 0.3) is 0 Å². The molecule has 0 unspecified atom stereocenters. The fraction of sp³-hybridized carbons (Fsp3) is 0.385. The second kappa shape index (κ2) is 6.75. The fourth-order valence-electron chi connectivity index (χ4n) is 1.61. The van der Waals surface area contributed by atoms with Gasteiger partial charge in [0.25, 0.3) is 5.91 Å². The van der Waals surface area contributed by atoms with Crippen LogP contribution in [0.3, 0.4) is 0 Å². The molecule has 0 spiro atoms. The predicted molar refractivity (Wildman–Crippen MR) is 68.3 cm³/mol. The van der Waals surface area contributed by atoms with Crippen molar-refractivity contribution in [2.24, 2.45) is 0 Å². The lowest BCUT2D eigenvalue weighted by atomic mass is 10.1. The van der Waals surface area contributed by atoms with E-state index in [1.807, 2.05) is 0 Å². The van der Waals surface area contributed by atoms with Crippen LogP contribution < -0.4 is 0 Å². The number of aliphatic carboxylic acids is 1. The number of aromatic hydroxyl groups is 1. The lowest BCUT2D eigenvalue weighted by Gasteiger charge is -2.20. The number of carbonyl (C=O) groups excluding carboxylic acids is 1. The molecule has 6 nitrogen and oxygen atoms in total. The number of methoxy groups -OCH3 is 1. The van der Waals surface area contributed by atoms with E-state index in [0.29, 0.717) is 0 Å². The molecule has 0 bridgehead atoms. The summed E-state index contributed by atoms with van der Waals surface area (Å²) >= 11 is 0. The molecular weight excluding hydrogens is 250 g/mol. The maximum Gasteiger partial charge on any atom is 0.323 e. The highest BCUT2D eigenvalue weighted by atomic mass is 16.5. The van der Waals surface area contributed by atoms with Crippen molar-refractivity contribution in [2.75, 3.05) is 26.8 Å². The van der Waals surface area contributed by atoms with Gasteiger partial charge in [0.15, 0.2) is 0 Å². The number of carboxylic acids is 1. The minimum absolute atomic E-state index is 0.0861. The molecule has 19 heavy (non-hydrogen) atoms. The zero-order chi connectivity index (χ0) is 14.4. The molecule has 6 heteroatoms. The highest BCUT2D eigenvalue weighted by molar-refractivity contribution is 5.98. The van der Waals surface area contributed by atoms with Gasteiger partial charge in [-0.3, -0.25) is 9.59 Å². The summed E-state index contributed by atoms with van der Waals surface area (Å²) in [4.78, 5) is 24.0. The van der Waals surface area contributed by atoms with Crippen LogP contribution in [0.2, 0.25) is 0 Å². The van der Waals surface area contributed by atoms with Crippen molar-refractivity contribution in [3.63, 3.8) is 0 Å². The summed E-state index contributed by atoms with van der Waals surface area (Å²) in [6.45, 7) is 1.73. The Bertz CT molecular complexity index is 472. The molecule has 0 aliphatic heterocycles. The van der Waals surface area contributed by atoms with Crippen LogP contribution in [0.1, 0.15) is 15.9 Å². The van der Waals surface area contributed by atoms with Crippen molar-refractivity contribution in [3.8, 4) is 5.75 Å². The first-order valence-corrected chi connectivity index (χ1v) is 5.75. The summed E-state index contributed by atoms with van der Waals surface area (Å²) in [6, 6.07) is 4.62. The van der Waals surface area contributed by atoms with E-state index in [-0.39, 0.29) is 24.5 Å². The lowest BCUT2D eigenvalue weighted by molar-refractivity contribution is -0.137. The summed E-state index contributed by atoms with van der Waals surface area (Å²) in [5, 5.41) is 18.5. The third-order valence-corrected chi connectivity index (χ3v) is 2.56. The molecule has 1 rings (SSSR count). The minimum atomic E-state index is -1.11. The van der Waals surface area contributed by atoms with Crippen LogP contribution in [0.15, 0.2) is 18.2 Å². The number of hydrogen-bond acceptors (Lipinski definition) is 4. The summed E-state index contributed by atoms with van der Waals surface area (Å²) < 4.78 is 4.84. The SMILES string of the molecule is COCCN(CC(=O)O)C(=O)c1ccc(C)cc1O. The average molecular weight is 267 g/mol. The molecule has 1 aromatic carbocycles. The van der Waals surface area contributed by atoms with E-state index in [1.54, 1.807) is 13.0 Å². The number of nitrogens with zero attached hydrogens (tertiary/aromatic N) is 1. The Kier molecular flexibility index (Phi) is 5.32. The molecule has 0 radical (unpaired) electrons. The average Bonchev–Trinajstić information content (AvgIpc) is 2.33. The van der Waals surface area contributed by atoms with Crippen molar-refractivity contribution in [1.29, 1.82) is 0 Å². The molecule has 104 valence electrons. The van der Waals surface area contributed by atoms with Crippen LogP contribution in [-0.4, -0.2) is 53.8 Å². The van der Waals surface area contributed by atoms with Crippen molar-refractivity contribution in [3.05, 3.63) is 29.3 Å². The van der Waals surface area contributed by atoms with Gasteiger partial charge in [-0.2, -0.15) is 0 Å². The topological polar surface area (TPSA) is 87.1 Å². The maximum absolute atomic E-state index is 12.2. The van der Waals surface area contributed by atoms with Crippen molar-refractivity contribution in [2.45, 2.75) is 6.92 Å². The van der Waals surface area contributed by atoms with Crippen LogP contribution in [0.4, 0.5) is 0 Å². The molecule has 0 heterocycles. The monoisotopic (exact) mass is 267 g/mol. The Labute approximate surface area is 111 Å². The molecular formula is C13H17NO5. The Morgan fingerprint density at radius 3 is 2.58 bits per heavy atom. The normalized spacial score (nSPS) is 10.2. The Hall–Kier alpha value is -2.08. The molecule has 2 N–H and O–H groups in total. The van der Waals surface area contributed by atoms with E-state index in [2.05, 4.69) is 0 Å². The highest BCUT2D eigenvalue weighted by Gasteiger charge is 2.20. The number of phenolic OH excluding ortho intramolecular Hbond substituents is 1. The quantitative estimate of drug-likeness (QED) is 0.798. The first-order valence-electron chi connectivity index (χ1n) is 5.75. The number of hydrogen-bond donors (Lipinski definition) is 2. The number of amides is 1. The molecule has 0 saturated heterocycles. The summed E-state index contributed by atoms with van der Waals surface area (Å²) in [5.41, 5.74) is 0.902. The lowest BCUT2D eigenvalue weighted by Crippen LogP contribution is -2.38. The molecule has 1 aromatic rings. The van der Waals surface area contributed by atoms with Gasteiger partial charge < -0.3 is 19.8 Å². The number of carbonyl (C=O) groups is 2. The predicted octanol–water partition coefficient (Wildman–Crippen LogP) is 0.874. The number of carboxylic acid groups (broad SMARTS) is 1. The van der Waals surface area contributed by atoms with Gasteiger partial charge in [-0.1, -0.05) is 6.07 Å². The maximum atomic E-state index is 12.2. The number of benzene rings is 1. The summed E-state index contributed by atoms with van der Waals surface area (Å²) in [5.74, 6) is -1.80. The second-order valence-corrected chi connectivity index (χ2v) is 4.13. The van der Waals surface area contributed by atoms with Gasteiger partial charge in [0.1, 0.15) is 12.3 Å². The molecule has 0 fully saturated rings. The van der Waals surface area contributed by atoms with Gasteiger partial charge in [0.05, 0.1) is 12.2 Å². The van der Waals surface area contributed by atoms with Gasteiger partial charge in [-0.15, -0.1) is 0 Å². The Morgan fingerprint density at radius 2 is 2.05 bits per heavy atom. The first kappa shape index (κ1) is 15.0. The van der Waals surface area contributed by atoms with Gasteiger partial charge in [0.2, 0.25) is 0 Å². The van der Waals surface area contributed by atoms with E-state index < -0.39 is 18.4 Å². The van der Waals surface area contributed by atoms with E-state index >= 15 is 0 Å². The number of ether oxygens (including phenoxy) is 1. The van der Waals surface area contributed by atoms with Crippen molar-refractivity contribution < 1.29 is 24.5 Å². The van der Waals surface area contributed by atoms with Crippen LogP contribution in [0.5, 0.6) is 5.75 Å². The van der Waals surface area contributed by atoms with E-state index in [9.17, 15) is 14.7 Å². The summed E-state index contributed by atoms with van der Waals surface area (Å²) in [6.07, 6.45) is 0. The zero-order valence-electron chi connectivity index (χ0n) is 10.9. The highest BCUT2D eigenvalue weighted by Crippen LogP contribution is 2.20. The third-order valence-electron chi connectivity index (χ3n) is 2.56.